The van der Waals surface area contributed by atoms with Gasteiger partial charge in [-0.05, 0) is 84.1 Å². The number of carboxylic acid groups (broad SMARTS) is 1. The summed E-state index contributed by atoms with van der Waals surface area (Å²) in [6.45, 7) is 2.81. The molecule has 0 aromatic carbocycles. The Balaban J connectivity index is 4.79. The molecular weight excluding hydrogens is 614 g/mol. The third kappa shape index (κ3) is 21.2. The Bertz CT molecular complexity index is 1030. The second-order valence-electron chi connectivity index (χ2n) is 11.2. The zero-order valence-corrected chi connectivity index (χ0v) is 27.4. The van der Waals surface area contributed by atoms with Crippen LogP contribution in [0.2, 0.25) is 0 Å². The van der Waals surface area contributed by atoms with Crippen LogP contribution in [0, 0.1) is 0 Å². The number of nitrogens with two attached hydrogens (primary N) is 7. The maximum Gasteiger partial charge on any atom is 0.326 e. The molecule has 0 aliphatic rings. The molecule has 270 valence electrons. The third-order valence-electron chi connectivity index (χ3n) is 7.02. The highest BCUT2D eigenvalue weighted by molar-refractivity contribution is 5.93. The summed E-state index contributed by atoms with van der Waals surface area (Å²) in [4.78, 5) is 70.0. The van der Waals surface area contributed by atoms with Crippen molar-refractivity contribution in [2.75, 3.05) is 26.2 Å². The minimum atomic E-state index is -1.25. The van der Waals surface area contributed by atoms with Gasteiger partial charge in [0.05, 0.1) is 12.1 Å². The quantitative estimate of drug-likeness (QED) is 0.0238. The molecule has 0 aliphatic carbocycles. The fourth-order valence-electron chi connectivity index (χ4n) is 4.26. The molecule has 19 N–H and O–H groups in total. The zero-order chi connectivity index (χ0) is 35.8. The van der Waals surface area contributed by atoms with Gasteiger partial charge in [-0.25, -0.2) is 4.79 Å². The zero-order valence-electron chi connectivity index (χ0n) is 27.4. The van der Waals surface area contributed by atoms with Crippen LogP contribution in [0.15, 0.2) is 9.98 Å². The van der Waals surface area contributed by atoms with Gasteiger partial charge in [0.1, 0.15) is 18.1 Å². The van der Waals surface area contributed by atoms with Crippen LogP contribution in [-0.4, -0.2) is 103 Å². The van der Waals surface area contributed by atoms with E-state index in [4.69, 9.17) is 40.1 Å². The summed E-state index contributed by atoms with van der Waals surface area (Å²) in [5.41, 5.74) is 38.6. The summed E-state index contributed by atoms with van der Waals surface area (Å²) in [5.74, 6) is -3.52. The first-order chi connectivity index (χ1) is 22.2. The molecular formula is C28H57N13O6. The number of carbonyl (C=O) groups is 5. The van der Waals surface area contributed by atoms with Crippen LogP contribution < -0.4 is 61.4 Å². The van der Waals surface area contributed by atoms with Crippen molar-refractivity contribution in [2.45, 2.75) is 108 Å². The summed E-state index contributed by atoms with van der Waals surface area (Å²) in [7, 11) is 0. The van der Waals surface area contributed by atoms with Gasteiger partial charge in [0, 0.05) is 19.6 Å². The molecule has 0 rings (SSSR count). The first-order valence-corrected chi connectivity index (χ1v) is 15.9. The predicted molar refractivity (Wildman–Crippen MR) is 179 cm³/mol. The number of unbranched alkanes of at least 4 members (excludes halogenated alkanes) is 3. The van der Waals surface area contributed by atoms with Crippen LogP contribution in [-0.2, 0) is 24.0 Å². The average Bonchev–Trinajstić information content (AvgIpc) is 3.00. The number of nitrogens with one attached hydrogen (secondary N) is 4. The molecule has 0 radical (unpaired) electrons. The minimum Gasteiger partial charge on any atom is -0.480 e. The van der Waals surface area contributed by atoms with E-state index in [-0.39, 0.29) is 37.2 Å². The normalized spacial score (nSPS) is 14.0. The molecule has 0 bridgehead atoms. The van der Waals surface area contributed by atoms with Crippen LogP contribution in [0.25, 0.3) is 0 Å². The lowest BCUT2D eigenvalue weighted by molar-refractivity contribution is -0.142. The lowest BCUT2D eigenvalue weighted by Crippen LogP contribution is -2.56. The van der Waals surface area contributed by atoms with Crippen LogP contribution in [0.5, 0.6) is 0 Å². The number of hydrogen-bond acceptors (Lipinski definition) is 10. The maximum absolute atomic E-state index is 13.0. The molecule has 0 aromatic heterocycles. The van der Waals surface area contributed by atoms with Gasteiger partial charge in [0.15, 0.2) is 11.9 Å². The number of amides is 4. The minimum absolute atomic E-state index is 0.0205. The van der Waals surface area contributed by atoms with Crippen LogP contribution in [0.3, 0.4) is 0 Å². The standard InChI is InChI=1S/C28H57N13O6/c1-17(22(42)41-21(26(46)47)12-8-16-38-28(34)35)39-25(45)20(11-2-5-13-29)40-24(44)19(31)10-3-6-14-36-23(43)18(30)9-4-7-15-37-27(32)33/h17-21H,2-16,29-31H2,1H3,(H,36,43)(H,39,45)(H,40,44)(H,41,42)(H,46,47)(H4,32,33,37)(H4,34,35,38)/t17-,18?,19-,20-,21-/m0/s1. The summed E-state index contributed by atoms with van der Waals surface area (Å²) in [5, 5.41) is 19.8. The van der Waals surface area contributed by atoms with E-state index in [2.05, 4.69) is 31.3 Å². The molecule has 1 unspecified atom stereocenters. The number of carbonyl (C=O) groups excluding carboxylic acids is 4. The van der Waals surface area contributed by atoms with E-state index in [1.54, 1.807) is 0 Å². The molecule has 0 heterocycles. The highest BCUT2D eigenvalue weighted by atomic mass is 16.4. The number of guanidine groups is 2. The van der Waals surface area contributed by atoms with Crippen molar-refractivity contribution in [3.05, 3.63) is 0 Å². The number of aliphatic carboxylic acids is 1. The summed E-state index contributed by atoms with van der Waals surface area (Å²) < 4.78 is 0. The van der Waals surface area contributed by atoms with Gasteiger partial charge in [-0.2, -0.15) is 0 Å². The van der Waals surface area contributed by atoms with Crippen molar-refractivity contribution in [1.82, 2.24) is 21.3 Å². The lowest BCUT2D eigenvalue weighted by atomic mass is 10.1. The van der Waals surface area contributed by atoms with E-state index in [9.17, 15) is 29.1 Å². The number of nitrogens with zero attached hydrogens (tertiary/aromatic N) is 2. The molecule has 0 saturated heterocycles. The number of hydrogen-bond donors (Lipinski definition) is 12. The second kappa shape index (κ2) is 24.9. The van der Waals surface area contributed by atoms with Crippen molar-refractivity contribution >= 4 is 41.5 Å². The highest BCUT2D eigenvalue weighted by Crippen LogP contribution is 2.06. The van der Waals surface area contributed by atoms with Crippen LogP contribution >= 0.6 is 0 Å². The van der Waals surface area contributed by atoms with Crippen molar-refractivity contribution < 1.29 is 29.1 Å². The topological polar surface area (TPSA) is 361 Å². The molecule has 19 heteroatoms. The third-order valence-corrected chi connectivity index (χ3v) is 7.02. The second-order valence-corrected chi connectivity index (χ2v) is 11.2. The largest absolute Gasteiger partial charge is 0.480 e. The summed E-state index contributed by atoms with van der Waals surface area (Å²) >= 11 is 0. The molecule has 19 nitrogen and oxygen atoms in total. The molecule has 0 aliphatic heterocycles. The van der Waals surface area contributed by atoms with Crippen molar-refractivity contribution in [2.24, 2.45) is 50.1 Å². The number of carboxylic acids is 1. The van der Waals surface area contributed by atoms with E-state index in [0.29, 0.717) is 77.4 Å². The van der Waals surface area contributed by atoms with Crippen LogP contribution in [0.4, 0.5) is 0 Å². The van der Waals surface area contributed by atoms with Gasteiger partial charge in [0.25, 0.3) is 0 Å². The van der Waals surface area contributed by atoms with Crippen molar-refractivity contribution in [3.8, 4) is 0 Å². The first kappa shape index (κ1) is 42.8. The van der Waals surface area contributed by atoms with Gasteiger partial charge in [-0.15, -0.1) is 0 Å². The molecule has 5 atom stereocenters. The highest BCUT2D eigenvalue weighted by Gasteiger charge is 2.28. The van der Waals surface area contributed by atoms with Gasteiger partial charge in [-0.3, -0.25) is 29.2 Å². The van der Waals surface area contributed by atoms with E-state index in [1.807, 2.05) is 0 Å². The Hall–Kier alpha value is -4.23. The Morgan fingerprint density at radius 2 is 1.13 bits per heavy atom. The predicted octanol–water partition coefficient (Wildman–Crippen LogP) is -3.89. The average molecular weight is 672 g/mol. The smallest absolute Gasteiger partial charge is 0.326 e. The molecule has 4 amide bonds. The molecule has 0 fully saturated rings. The van der Waals surface area contributed by atoms with Gasteiger partial charge < -0.3 is 66.5 Å². The Morgan fingerprint density at radius 1 is 0.617 bits per heavy atom. The fraction of sp³-hybridized carbons (Fsp3) is 0.750. The molecule has 0 spiro atoms. The maximum atomic E-state index is 13.0. The Kier molecular flexibility index (Phi) is 22.7. The van der Waals surface area contributed by atoms with E-state index >= 15 is 0 Å². The Morgan fingerprint density at radius 3 is 1.70 bits per heavy atom. The fourth-order valence-corrected chi connectivity index (χ4v) is 4.26. The molecule has 0 saturated carbocycles. The van der Waals surface area contributed by atoms with Crippen LogP contribution in [0.1, 0.15) is 77.6 Å². The first-order valence-electron chi connectivity index (χ1n) is 15.9. The van der Waals surface area contributed by atoms with E-state index in [0.717, 1.165) is 0 Å². The van der Waals surface area contributed by atoms with E-state index in [1.165, 1.54) is 6.92 Å². The van der Waals surface area contributed by atoms with E-state index < -0.39 is 53.9 Å². The SMILES string of the molecule is C[C@H](NC(=O)[C@H](CCCCN)NC(=O)[C@@H](N)CCCCNC(=O)C(N)CCCCN=C(N)N)C(=O)N[C@@H](CCCN=C(N)N)C(=O)O. The van der Waals surface area contributed by atoms with Gasteiger partial charge >= 0.3 is 5.97 Å². The van der Waals surface area contributed by atoms with Gasteiger partial charge in [-0.1, -0.05) is 0 Å². The molecule has 0 aromatic rings. The van der Waals surface area contributed by atoms with Crippen molar-refractivity contribution in [3.63, 3.8) is 0 Å². The summed E-state index contributed by atoms with van der Waals surface area (Å²) in [6.07, 6.45) is 5.03. The number of rotatable bonds is 26. The Labute approximate surface area is 276 Å². The molecule has 47 heavy (non-hydrogen) atoms. The van der Waals surface area contributed by atoms with Crippen molar-refractivity contribution in [1.29, 1.82) is 0 Å². The number of aliphatic imine (C=N–C) groups is 2. The summed E-state index contributed by atoms with van der Waals surface area (Å²) in [6, 6.07) is -4.88. The monoisotopic (exact) mass is 671 g/mol. The lowest BCUT2D eigenvalue weighted by Gasteiger charge is -2.23. The van der Waals surface area contributed by atoms with Gasteiger partial charge in [0.2, 0.25) is 23.6 Å².